The third-order valence-corrected chi connectivity index (χ3v) is 4.43. The Morgan fingerprint density at radius 3 is 2.78 bits per heavy atom. The number of fused-ring (bicyclic) bond motifs is 1. The predicted octanol–water partition coefficient (Wildman–Crippen LogP) is 2.72. The summed E-state index contributed by atoms with van der Waals surface area (Å²) in [6.07, 6.45) is 5.69. The molecule has 6 heteroatoms. The van der Waals surface area contributed by atoms with Gasteiger partial charge in [-0.2, -0.15) is 0 Å². The fourth-order valence-corrected chi connectivity index (χ4v) is 3.14. The molecule has 1 amide bonds. The summed E-state index contributed by atoms with van der Waals surface area (Å²) in [5.74, 6) is -0.801. The average molecular weight is 366 g/mol. The number of dihydropyridines is 1. The molecule has 1 aromatic rings. The maximum absolute atomic E-state index is 12.5. The minimum atomic E-state index is -0.659. The number of esters is 1. The van der Waals surface area contributed by atoms with Gasteiger partial charge in [-0.1, -0.05) is 35.9 Å². The molecular weight excluding hydrogens is 344 g/mol. The highest BCUT2D eigenvalue weighted by Crippen LogP contribution is 2.29. The number of nitrogens with one attached hydrogen (secondary N) is 1. The van der Waals surface area contributed by atoms with Crippen LogP contribution in [0.15, 0.2) is 64.3 Å². The van der Waals surface area contributed by atoms with Crippen molar-refractivity contribution in [3.63, 3.8) is 0 Å². The summed E-state index contributed by atoms with van der Waals surface area (Å²) in [4.78, 5) is 29.0. The Hall–Kier alpha value is -3.15. The molecular formula is C21H22N2O4. The number of aliphatic imine (C=N–C) groups is 1. The maximum atomic E-state index is 12.5. The number of benzene rings is 1. The number of ether oxygens (including phenoxy) is 2. The Kier molecular flexibility index (Phi) is 5.54. The molecule has 0 spiro atoms. The van der Waals surface area contributed by atoms with Gasteiger partial charge in [-0.25, -0.2) is 9.79 Å². The summed E-state index contributed by atoms with van der Waals surface area (Å²) < 4.78 is 10.5. The molecule has 0 saturated carbocycles. The van der Waals surface area contributed by atoms with Crippen molar-refractivity contribution >= 4 is 17.6 Å². The van der Waals surface area contributed by atoms with E-state index in [1.165, 1.54) is 0 Å². The van der Waals surface area contributed by atoms with E-state index in [1.54, 1.807) is 14.0 Å². The van der Waals surface area contributed by atoms with Gasteiger partial charge in [-0.15, -0.1) is 0 Å². The lowest BCUT2D eigenvalue weighted by Crippen LogP contribution is -2.35. The summed E-state index contributed by atoms with van der Waals surface area (Å²) in [5.41, 5.74) is 3.03. The average Bonchev–Trinajstić information content (AvgIpc) is 2.66. The van der Waals surface area contributed by atoms with Crippen LogP contribution in [0.1, 0.15) is 19.4 Å². The lowest BCUT2D eigenvalue weighted by Gasteiger charge is -2.27. The molecule has 27 heavy (non-hydrogen) atoms. The van der Waals surface area contributed by atoms with Crippen molar-refractivity contribution in [3.8, 4) is 5.75 Å². The van der Waals surface area contributed by atoms with Crippen LogP contribution >= 0.6 is 0 Å². The lowest BCUT2D eigenvalue weighted by atomic mass is 9.86. The number of amides is 1. The molecule has 2 aliphatic rings. The van der Waals surface area contributed by atoms with Gasteiger partial charge in [0.25, 0.3) is 5.91 Å². The number of carbonyl (C=O) groups excluding carboxylic acids is 2. The topological polar surface area (TPSA) is 77.0 Å². The van der Waals surface area contributed by atoms with Gasteiger partial charge in [0.2, 0.25) is 0 Å². The van der Waals surface area contributed by atoms with Gasteiger partial charge in [-0.3, -0.25) is 4.79 Å². The van der Waals surface area contributed by atoms with Gasteiger partial charge in [0.15, 0.2) is 0 Å². The van der Waals surface area contributed by atoms with E-state index in [9.17, 15) is 9.59 Å². The smallest absolute Gasteiger partial charge is 0.345 e. The minimum absolute atomic E-state index is 0.0418. The molecule has 0 radical (unpaired) electrons. The van der Waals surface area contributed by atoms with Crippen LogP contribution < -0.4 is 10.1 Å². The monoisotopic (exact) mass is 366 g/mol. The number of allylic oxidation sites excluding steroid dienone is 4. The number of methoxy groups -OCH3 is 1. The van der Waals surface area contributed by atoms with Crippen molar-refractivity contribution in [2.75, 3.05) is 13.7 Å². The van der Waals surface area contributed by atoms with E-state index in [2.05, 4.69) is 10.3 Å². The Morgan fingerprint density at radius 2 is 2.04 bits per heavy atom. The normalized spacial score (nSPS) is 18.5. The van der Waals surface area contributed by atoms with Crippen molar-refractivity contribution in [1.82, 2.24) is 5.32 Å². The molecule has 0 aromatic heterocycles. The zero-order valence-corrected chi connectivity index (χ0v) is 15.6. The lowest BCUT2D eigenvalue weighted by molar-refractivity contribution is -0.140. The Morgan fingerprint density at radius 1 is 1.26 bits per heavy atom. The summed E-state index contributed by atoms with van der Waals surface area (Å²) in [5, 5.41) is 3.27. The molecule has 1 aliphatic heterocycles. The van der Waals surface area contributed by atoms with E-state index >= 15 is 0 Å². The van der Waals surface area contributed by atoms with E-state index in [0.717, 1.165) is 16.9 Å². The van der Waals surface area contributed by atoms with Gasteiger partial charge in [0.05, 0.1) is 25.3 Å². The fraction of sp³-hybridized carbons (Fsp3) is 0.286. The van der Waals surface area contributed by atoms with Gasteiger partial charge in [-0.05, 0) is 26.0 Å². The van der Waals surface area contributed by atoms with E-state index in [4.69, 9.17) is 9.47 Å². The highest BCUT2D eigenvalue weighted by atomic mass is 16.5. The first-order valence-electron chi connectivity index (χ1n) is 8.81. The van der Waals surface area contributed by atoms with Gasteiger partial charge in [0.1, 0.15) is 11.3 Å². The number of carbonyl (C=O) groups is 2. The van der Waals surface area contributed by atoms with Gasteiger partial charge in [0, 0.05) is 17.8 Å². The van der Waals surface area contributed by atoms with Crippen LogP contribution in [0.2, 0.25) is 0 Å². The molecule has 3 rings (SSSR count). The maximum Gasteiger partial charge on any atom is 0.345 e. The second-order valence-corrected chi connectivity index (χ2v) is 6.24. The molecule has 0 fully saturated rings. The SMILES string of the molecule is CCOC(=O)C1=C(NCc2ccccc2OC)C2C=C(C)C=CC2=NC1=O. The van der Waals surface area contributed by atoms with Crippen LogP contribution in [0.3, 0.4) is 0 Å². The zero-order valence-electron chi connectivity index (χ0n) is 15.6. The van der Waals surface area contributed by atoms with Crippen LogP contribution in [0.4, 0.5) is 0 Å². The standard InChI is InChI=1S/C21H22N2O4/c1-4-27-21(25)18-19(22-12-14-7-5-6-8-17(14)26-3)15-11-13(2)9-10-16(15)23-20(18)24/h5-11,15,22H,4,12H2,1-3H3. The third-order valence-electron chi connectivity index (χ3n) is 4.43. The molecule has 1 aromatic carbocycles. The Balaban J connectivity index is 1.99. The van der Waals surface area contributed by atoms with Crippen LogP contribution in [-0.4, -0.2) is 31.3 Å². The molecule has 0 saturated heterocycles. The molecule has 1 atom stereocenters. The van der Waals surface area contributed by atoms with Crippen LogP contribution in [0.5, 0.6) is 5.75 Å². The second kappa shape index (κ2) is 8.03. The van der Waals surface area contributed by atoms with E-state index in [-0.39, 0.29) is 18.1 Å². The second-order valence-electron chi connectivity index (χ2n) is 6.24. The van der Waals surface area contributed by atoms with E-state index in [1.807, 2.05) is 49.4 Å². The first kappa shape index (κ1) is 18.6. The zero-order chi connectivity index (χ0) is 19.4. The number of hydrogen-bond acceptors (Lipinski definition) is 5. The number of nitrogens with zero attached hydrogens (tertiary/aromatic N) is 1. The van der Waals surface area contributed by atoms with Crippen LogP contribution in [0, 0.1) is 5.92 Å². The molecule has 1 unspecified atom stereocenters. The number of hydrogen-bond donors (Lipinski definition) is 1. The van der Waals surface area contributed by atoms with Crippen LogP contribution in [0.25, 0.3) is 0 Å². The van der Waals surface area contributed by atoms with Crippen LogP contribution in [-0.2, 0) is 20.9 Å². The van der Waals surface area contributed by atoms with E-state index in [0.29, 0.717) is 18.0 Å². The molecule has 0 bridgehead atoms. The van der Waals surface area contributed by atoms with Gasteiger partial charge >= 0.3 is 5.97 Å². The summed E-state index contributed by atoms with van der Waals surface area (Å²) in [7, 11) is 1.61. The molecule has 6 nitrogen and oxygen atoms in total. The number of para-hydroxylation sites is 1. The van der Waals surface area contributed by atoms with Gasteiger partial charge < -0.3 is 14.8 Å². The Labute approximate surface area is 158 Å². The van der Waals surface area contributed by atoms with E-state index < -0.39 is 11.9 Å². The number of rotatable bonds is 6. The summed E-state index contributed by atoms with van der Waals surface area (Å²) in [6.45, 7) is 4.25. The van der Waals surface area contributed by atoms with Crippen molar-refractivity contribution in [2.45, 2.75) is 20.4 Å². The minimum Gasteiger partial charge on any atom is -0.496 e. The predicted molar refractivity (Wildman–Crippen MR) is 102 cm³/mol. The first-order chi connectivity index (χ1) is 13.0. The van der Waals surface area contributed by atoms with Crippen molar-refractivity contribution in [1.29, 1.82) is 0 Å². The largest absolute Gasteiger partial charge is 0.496 e. The molecule has 1 heterocycles. The first-order valence-corrected chi connectivity index (χ1v) is 8.81. The molecule has 1 N–H and O–H groups in total. The molecule has 1 aliphatic carbocycles. The van der Waals surface area contributed by atoms with Crippen molar-refractivity contribution in [2.24, 2.45) is 10.9 Å². The third kappa shape index (κ3) is 3.84. The highest BCUT2D eigenvalue weighted by molar-refractivity contribution is 6.24. The quantitative estimate of drug-likeness (QED) is 0.619. The Bertz CT molecular complexity index is 893. The summed E-state index contributed by atoms with van der Waals surface area (Å²) >= 11 is 0. The van der Waals surface area contributed by atoms with Crippen molar-refractivity contribution < 1.29 is 19.1 Å². The fourth-order valence-electron chi connectivity index (χ4n) is 3.14. The summed E-state index contributed by atoms with van der Waals surface area (Å²) in [6, 6.07) is 7.59. The highest BCUT2D eigenvalue weighted by Gasteiger charge is 2.35. The van der Waals surface area contributed by atoms with Crippen molar-refractivity contribution in [3.05, 3.63) is 64.9 Å². The molecule has 140 valence electrons.